The molecule has 1 aromatic rings. The van der Waals surface area contributed by atoms with Gasteiger partial charge in [-0.3, -0.25) is 4.99 Å². The predicted octanol–water partition coefficient (Wildman–Crippen LogP) is 4.07. The van der Waals surface area contributed by atoms with Crippen LogP contribution in [0.1, 0.15) is 33.6 Å². The average Bonchev–Trinajstić information content (AvgIpc) is 3.07. The van der Waals surface area contributed by atoms with Crippen LogP contribution in [0, 0.1) is 17.8 Å². The third kappa shape index (κ3) is 5.76. The summed E-state index contributed by atoms with van der Waals surface area (Å²) in [6, 6.07) is 10.8. The second-order valence-electron chi connectivity index (χ2n) is 7.98. The van der Waals surface area contributed by atoms with E-state index in [0.29, 0.717) is 5.92 Å². The van der Waals surface area contributed by atoms with Crippen LogP contribution in [0.25, 0.3) is 0 Å². The number of nitrogens with zero attached hydrogens (tertiary/aromatic N) is 3. The Balaban J connectivity index is 0.00000243. The fourth-order valence-electron chi connectivity index (χ4n) is 4.33. The second kappa shape index (κ2) is 10.4. The van der Waals surface area contributed by atoms with Gasteiger partial charge in [-0.15, -0.1) is 24.0 Å². The molecule has 0 aliphatic carbocycles. The number of para-hydroxylation sites is 1. The first-order chi connectivity index (χ1) is 12.2. The number of nitrogens with one attached hydrogen (secondary N) is 1. The molecule has 1 N–H and O–H groups in total. The highest BCUT2D eigenvalue weighted by Crippen LogP contribution is 2.24. The molecule has 0 saturated carbocycles. The van der Waals surface area contributed by atoms with Gasteiger partial charge in [0.15, 0.2) is 5.96 Å². The number of rotatable bonds is 4. The summed E-state index contributed by atoms with van der Waals surface area (Å²) >= 11 is 0. The van der Waals surface area contributed by atoms with Crippen LogP contribution >= 0.6 is 24.0 Å². The van der Waals surface area contributed by atoms with Crippen LogP contribution in [0.4, 0.5) is 5.69 Å². The van der Waals surface area contributed by atoms with Crippen LogP contribution in [-0.2, 0) is 0 Å². The minimum atomic E-state index is 0. The lowest BCUT2D eigenvalue weighted by molar-refractivity contribution is 0.208. The summed E-state index contributed by atoms with van der Waals surface area (Å²) in [6.07, 6.45) is 2.58. The van der Waals surface area contributed by atoms with Crippen molar-refractivity contribution in [1.82, 2.24) is 10.2 Å². The van der Waals surface area contributed by atoms with Gasteiger partial charge in [-0.1, -0.05) is 32.0 Å². The van der Waals surface area contributed by atoms with Gasteiger partial charge in [-0.05, 0) is 49.7 Å². The van der Waals surface area contributed by atoms with Crippen LogP contribution in [-0.4, -0.2) is 50.1 Å². The molecule has 3 atom stereocenters. The Labute approximate surface area is 176 Å². The van der Waals surface area contributed by atoms with Crippen LogP contribution in [0.3, 0.4) is 0 Å². The summed E-state index contributed by atoms with van der Waals surface area (Å²) in [5.74, 6) is 3.30. The number of anilines is 1. The third-order valence-electron chi connectivity index (χ3n) is 5.41. The first-order valence-electron chi connectivity index (χ1n) is 9.99. The maximum atomic E-state index is 5.02. The van der Waals surface area contributed by atoms with Crippen molar-refractivity contribution < 1.29 is 0 Å². The molecule has 0 spiro atoms. The van der Waals surface area contributed by atoms with Crippen molar-refractivity contribution >= 4 is 35.6 Å². The van der Waals surface area contributed by atoms with E-state index in [0.717, 1.165) is 57.1 Å². The third-order valence-corrected chi connectivity index (χ3v) is 5.41. The number of piperidine rings is 1. The Morgan fingerprint density at radius 1 is 1.12 bits per heavy atom. The largest absolute Gasteiger partial charge is 0.371 e. The van der Waals surface area contributed by atoms with E-state index in [2.05, 4.69) is 66.2 Å². The van der Waals surface area contributed by atoms with E-state index in [4.69, 9.17) is 4.99 Å². The molecule has 1 aromatic carbocycles. The van der Waals surface area contributed by atoms with Gasteiger partial charge < -0.3 is 15.1 Å². The smallest absolute Gasteiger partial charge is 0.193 e. The molecule has 2 aliphatic heterocycles. The topological polar surface area (TPSA) is 30.9 Å². The lowest BCUT2D eigenvalue weighted by Crippen LogP contribution is -2.48. The van der Waals surface area contributed by atoms with Crippen molar-refractivity contribution in [3.05, 3.63) is 30.3 Å². The van der Waals surface area contributed by atoms with Crippen LogP contribution < -0.4 is 10.2 Å². The summed E-state index contributed by atoms with van der Waals surface area (Å²) < 4.78 is 0. The molecule has 3 unspecified atom stereocenters. The normalized spacial score (nSPS) is 26.6. The number of hydrogen-bond acceptors (Lipinski definition) is 2. The monoisotopic (exact) mass is 470 g/mol. The number of aliphatic imine (C=N–C) groups is 1. The van der Waals surface area contributed by atoms with Gasteiger partial charge in [0.25, 0.3) is 0 Å². The standard InChI is InChI=1S/C21H34N4.HI/c1-4-22-21(25-14-17(2)12-18(3)15-25)23-13-19-10-11-24(16-19)20-8-6-5-7-9-20;/h5-9,17-19H,4,10-16H2,1-3H3,(H,22,23);1H. The zero-order valence-electron chi connectivity index (χ0n) is 16.5. The lowest BCUT2D eigenvalue weighted by Gasteiger charge is -2.37. The van der Waals surface area contributed by atoms with Gasteiger partial charge in [-0.2, -0.15) is 0 Å². The zero-order valence-corrected chi connectivity index (χ0v) is 18.9. The van der Waals surface area contributed by atoms with Gasteiger partial charge in [0.1, 0.15) is 0 Å². The molecule has 146 valence electrons. The molecule has 2 saturated heterocycles. The molecule has 26 heavy (non-hydrogen) atoms. The molecule has 3 rings (SSSR count). The van der Waals surface area contributed by atoms with E-state index >= 15 is 0 Å². The van der Waals surface area contributed by atoms with Gasteiger partial charge in [-0.25, -0.2) is 0 Å². The Morgan fingerprint density at radius 2 is 1.81 bits per heavy atom. The van der Waals surface area contributed by atoms with Gasteiger partial charge >= 0.3 is 0 Å². The van der Waals surface area contributed by atoms with Gasteiger partial charge in [0.05, 0.1) is 0 Å². The van der Waals surface area contributed by atoms with E-state index in [9.17, 15) is 0 Å². The van der Waals surface area contributed by atoms with Crippen LogP contribution in [0.2, 0.25) is 0 Å². The highest BCUT2D eigenvalue weighted by molar-refractivity contribution is 14.0. The highest BCUT2D eigenvalue weighted by atomic mass is 127. The van der Waals surface area contributed by atoms with Crippen molar-refractivity contribution in [3.63, 3.8) is 0 Å². The Bertz CT molecular complexity index is 552. The first kappa shape index (κ1) is 21.3. The van der Waals surface area contributed by atoms with Crippen LogP contribution in [0.5, 0.6) is 0 Å². The van der Waals surface area contributed by atoms with Crippen molar-refractivity contribution in [2.75, 3.05) is 44.2 Å². The number of guanidine groups is 1. The minimum Gasteiger partial charge on any atom is -0.371 e. The molecule has 2 heterocycles. The number of likely N-dealkylation sites (tertiary alicyclic amines) is 1. The zero-order chi connectivity index (χ0) is 17.6. The van der Waals surface area contributed by atoms with Gasteiger partial charge in [0.2, 0.25) is 0 Å². The average molecular weight is 470 g/mol. The highest BCUT2D eigenvalue weighted by Gasteiger charge is 2.26. The maximum absolute atomic E-state index is 5.02. The quantitative estimate of drug-likeness (QED) is 0.409. The van der Waals surface area contributed by atoms with E-state index in [1.54, 1.807) is 0 Å². The Hall–Kier alpha value is -0.980. The summed E-state index contributed by atoms with van der Waals surface area (Å²) in [5.41, 5.74) is 1.35. The molecular weight excluding hydrogens is 435 g/mol. The molecular formula is C21H35IN4. The van der Waals surface area contributed by atoms with E-state index in [1.807, 2.05) is 0 Å². The second-order valence-corrected chi connectivity index (χ2v) is 7.98. The summed E-state index contributed by atoms with van der Waals surface area (Å²) in [5, 5.41) is 3.52. The number of halogens is 1. The van der Waals surface area contributed by atoms with Crippen molar-refractivity contribution in [2.24, 2.45) is 22.7 Å². The van der Waals surface area contributed by atoms with Crippen molar-refractivity contribution in [2.45, 2.75) is 33.6 Å². The molecule has 0 amide bonds. The van der Waals surface area contributed by atoms with Crippen LogP contribution in [0.15, 0.2) is 35.3 Å². The van der Waals surface area contributed by atoms with E-state index < -0.39 is 0 Å². The number of hydrogen-bond donors (Lipinski definition) is 1. The van der Waals surface area contributed by atoms with Crippen molar-refractivity contribution in [1.29, 1.82) is 0 Å². The first-order valence-corrected chi connectivity index (χ1v) is 9.99. The van der Waals surface area contributed by atoms with E-state index in [1.165, 1.54) is 18.5 Å². The fraction of sp³-hybridized carbons (Fsp3) is 0.667. The summed E-state index contributed by atoms with van der Waals surface area (Å²) in [4.78, 5) is 10.00. The van der Waals surface area contributed by atoms with E-state index in [-0.39, 0.29) is 24.0 Å². The lowest BCUT2D eigenvalue weighted by atomic mass is 9.92. The van der Waals surface area contributed by atoms with Crippen molar-refractivity contribution in [3.8, 4) is 0 Å². The molecule has 2 fully saturated rings. The molecule has 2 aliphatic rings. The van der Waals surface area contributed by atoms with Gasteiger partial charge in [0, 0.05) is 45.0 Å². The molecule has 0 radical (unpaired) electrons. The Morgan fingerprint density at radius 3 is 2.46 bits per heavy atom. The Kier molecular flexibility index (Phi) is 8.51. The summed E-state index contributed by atoms with van der Waals surface area (Å²) in [6.45, 7) is 13.3. The minimum absolute atomic E-state index is 0. The predicted molar refractivity (Wildman–Crippen MR) is 123 cm³/mol. The molecule has 0 bridgehead atoms. The molecule has 5 heteroatoms. The fourth-order valence-corrected chi connectivity index (χ4v) is 4.33. The summed E-state index contributed by atoms with van der Waals surface area (Å²) in [7, 11) is 0. The molecule has 4 nitrogen and oxygen atoms in total. The SMILES string of the molecule is CCNC(=NCC1CCN(c2ccccc2)C1)N1CC(C)CC(C)C1.I. The molecule has 0 aromatic heterocycles. The maximum Gasteiger partial charge on any atom is 0.193 e. The number of benzene rings is 1.